The zero-order chi connectivity index (χ0) is 15.0. The number of rotatable bonds is 4. The molecule has 0 saturated heterocycles. The monoisotopic (exact) mass is 317 g/mol. The molecule has 0 aliphatic carbocycles. The van der Waals surface area contributed by atoms with Gasteiger partial charge in [0.15, 0.2) is 6.20 Å². The van der Waals surface area contributed by atoms with Gasteiger partial charge in [-0.3, -0.25) is 4.18 Å². The molecule has 110 valence electrons. The highest BCUT2D eigenvalue weighted by molar-refractivity contribution is 7.80. The van der Waals surface area contributed by atoms with Crippen LogP contribution in [-0.2, 0) is 21.0 Å². The number of nitrogens with one attached hydrogen (secondary N) is 1. The highest BCUT2D eigenvalue weighted by Gasteiger charge is 2.03. The molecule has 7 heteroatoms. The zero-order valence-corrected chi connectivity index (χ0v) is 12.6. The summed E-state index contributed by atoms with van der Waals surface area (Å²) in [7, 11) is -4.42. The third kappa shape index (κ3) is 5.83. The van der Waals surface area contributed by atoms with Gasteiger partial charge in [-0.15, -0.1) is 11.6 Å². The maximum absolute atomic E-state index is 9.45. The van der Waals surface area contributed by atoms with E-state index >= 15 is 0 Å². The molecule has 1 aromatic heterocycles. The molecule has 0 bridgehead atoms. The molecule has 0 saturated carbocycles. The van der Waals surface area contributed by atoms with Gasteiger partial charge in [0, 0.05) is 23.4 Å². The second-order valence-electron chi connectivity index (χ2n) is 3.80. The number of aromatic amines is 1. The summed E-state index contributed by atoms with van der Waals surface area (Å²) < 4.78 is 32.0. The van der Waals surface area contributed by atoms with Gasteiger partial charge in [0.1, 0.15) is 0 Å². The molecule has 0 radical (unpaired) electrons. The molecule has 1 N–H and O–H groups in total. The van der Waals surface area contributed by atoms with Crippen LogP contribution in [0.1, 0.15) is 12.5 Å². The fraction of sp³-hybridized carbons (Fsp3) is 0.308. The van der Waals surface area contributed by atoms with Gasteiger partial charge in [0.2, 0.25) is 15.9 Å². The van der Waals surface area contributed by atoms with Crippen molar-refractivity contribution >= 4 is 32.9 Å². The molecule has 0 unspecified atom stereocenters. The van der Waals surface area contributed by atoms with Crippen LogP contribution in [0.15, 0.2) is 36.5 Å². The minimum Gasteiger partial charge on any atom is -0.726 e. The lowest BCUT2D eigenvalue weighted by Gasteiger charge is -2.02. The quantitative estimate of drug-likeness (QED) is 0.490. The van der Waals surface area contributed by atoms with Gasteiger partial charge in [-0.25, -0.2) is 13.4 Å². The molecule has 2 aromatic rings. The summed E-state index contributed by atoms with van der Waals surface area (Å²) in [6.07, 6.45) is 2.89. The number of H-pyrrole nitrogens is 1. The van der Waals surface area contributed by atoms with Gasteiger partial charge in [0.05, 0.1) is 6.61 Å². The van der Waals surface area contributed by atoms with Crippen molar-refractivity contribution in [1.82, 2.24) is 0 Å². The number of alkyl halides is 1. The van der Waals surface area contributed by atoms with E-state index in [1.165, 1.54) is 23.4 Å². The second-order valence-corrected chi connectivity index (χ2v) is 5.23. The molecule has 0 atom stereocenters. The summed E-state index contributed by atoms with van der Waals surface area (Å²) >= 11 is 5.73. The van der Waals surface area contributed by atoms with Gasteiger partial charge in [-0.2, -0.15) is 0 Å². The van der Waals surface area contributed by atoms with Crippen LogP contribution in [0.4, 0.5) is 0 Å². The molecule has 1 heterocycles. The van der Waals surface area contributed by atoms with Crippen LogP contribution in [0, 0.1) is 0 Å². The van der Waals surface area contributed by atoms with Gasteiger partial charge < -0.3 is 4.55 Å². The van der Waals surface area contributed by atoms with Crippen molar-refractivity contribution < 1.29 is 22.1 Å². The van der Waals surface area contributed by atoms with Crippen LogP contribution in [0.5, 0.6) is 0 Å². The first kappa shape index (κ1) is 16.8. The normalized spacial score (nSPS) is 10.9. The number of hydrogen-bond acceptors (Lipinski definition) is 4. The summed E-state index contributed by atoms with van der Waals surface area (Å²) in [6.45, 7) is 1.33. The number of hydrogen-bond donors (Lipinski definition) is 0. The molecule has 20 heavy (non-hydrogen) atoms. The maximum Gasteiger partial charge on any atom is 0.217 e. The van der Waals surface area contributed by atoms with Crippen LogP contribution in [0.2, 0.25) is 0 Å². The highest BCUT2D eigenvalue weighted by Crippen LogP contribution is 2.14. The largest absolute Gasteiger partial charge is 0.726 e. The second kappa shape index (κ2) is 8.16. The number of halogens is 1. The summed E-state index contributed by atoms with van der Waals surface area (Å²) in [5.74, 6) is 0.675. The summed E-state index contributed by atoms with van der Waals surface area (Å²) in [5, 5.41) is 1.27. The summed E-state index contributed by atoms with van der Waals surface area (Å²) in [5.41, 5.74) is 2.48. The Hall–Kier alpha value is -1.21. The zero-order valence-electron chi connectivity index (χ0n) is 11.0. The van der Waals surface area contributed by atoms with E-state index in [1.54, 1.807) is 0 Å². The third-order valence-electron chi connectivity index (χ3n) is 2.42. The fourth-order valence-electron chi connectivity index (χ4n) is 1.67. The van der Waals surface area contributed by atoms with Crippen molar-refractivity contribution in [3.8, 4) is 0 Å². The van der Waals surface area contributed by atoms with Gasteiger partial charge in [0.25, 0.3) is 0 Å². The van der Waals surface area contributed by atoms with E-state index in [-0.39, 0.29) is 6.61 Å². The Kier molecular flexibility index (Phi) is 6.87. The van der Waals surface area contributed by atoms with E-state index in [2.05, 4.69) is 27.4 Å². The SMILES string of the molecule is CCOS(=O)(=O)[O-].ClCCc1cc[nH+]c2ccccc12. The van der Waals surface area contributed by atoms with Crippen molar-refractivity contribution in [3.05, 3.63) is 42.1 Å². The van der Waals surface area contributed by atoms with Gasteiger partial charge in [-0.05, 0) is 25.0 Å². The predicted octanol–water partition coefficient (Wildman–Crippen LogP) is 1.92. The average Bonchev–Trinajstić information content (AvgIpc) is 2.39. The Morgan fingerprint density at radius 3 is 2.55 bits per heavy atom. The molecular formula is C13H16ClNO4S. The number of benzene rings is 1. The van der Waals surface area contributed by atoms with Crippen LogP contribution in [0.3, 0.4) is 0 Å². The van der Waals surface area contributed by atoms with Crippen molar-refractivity contribution in [3.63, 3.8) is 0 Å². The van der Waals surface area contributed by atoms with Crippen molar-refractivity contribution in [2.75, 3.05) is 12.5 Å². The molecule has 5 nitrogen and oxygen atoms in total. The maximum atomic E-state index is 9.45. The molecule has 0 spiro atoms. The Morgan fingerprint density at radius 2 is 2.00 bits per heavy atom. The first-order chi connectivity index (χ1) is 9.48. The number of aryl methyl sites for hydroxylation is 1. The topological polar surface area (TPSA) is 80.6 Å². The van der Waals surface area contributed by atoms with Crippen LogP contribution < -0.4 is 4.98 Å². The van der Waals surface area contributed by atoms with Crippen LogP contribution >= 0.6 is 11.6 Å². The number of aromatic nitrogens is 1. The lowest BCUT2D eigenvalue weighted by atomic mass is 10.1. The van der Waals surface area contributed by atoms with Gasteiger partial charge in [-0.1, -0.05) is 12.1 Å². The molecule has 0 aliphatic heterocycles. The third-order valence-corrected chi connectivity index (χ3v) is 3.14. The Morgan fingerprint density at radius 1 is 1.30 bits per heavy atom. The minimum atomic E-state index is -4.42. The van der Waals surface area contributed by atoms with E-state index in [1.807, 2.05) is 18.3 Å². The van der Waals surface area contributed by atoms with Crippen molar-refractivity contribution in [2.24, 2.45) is 0 Å². The standard InChI is InChI=1S/C11H10ClN.C2H6O4S/c12-7-5-9-6-8-13-11-4-2-1-3-10(9)11;1-2-6-7(3,4)5/h1-4,6,8H,5,7H2;2H2,1H3,(H,3,4,5). The number of fused-ring (bicyclic) bond motifs is 1. The van der Waals surface area contributed by atoms with Crippen LogP contribution in [0.25, 0.3) is 10.9 Å². The molecular weight excluding hydrogens is 302 g/mol. The van der Waals surface area contributed by atoms with E-state index in [0.29, 0.717) is 5.88 Å². The molecule has 0 fully saturated rings. The Labute approximate surface area is 123 Å². The highest BCUT2D eigenvalue weighted by atomic mass is 35.5. The van der Waals surface area contributed by atoms with E-state index in [4.69, 9.17) is 11.6 Å². The van der Waals surface area contributed by atoms with E-state index in [0.717, 1.165) is 6.42 Å². The molecule has 0 amide bonds. The molecule has 1 aromatic carbocycles. The van der Waals surface area contributed by atoms with Crippen LogP contribution in [-0.4, -0.2) is 25.5 Å². The smallest absolute Gasteiger partial charge is 0.217 e. The minimum absolute atomic E-state index is 0.0914. The molecule has 0 aliphatic rings. The Balaban J connectivity index is 0.000000246. The lowest BCUT2D eigenvalue weighted by molar-refractivity contribution is -0.344. The van der Waals surface area contributed by atoms with E-state index in [9.17, 15) is 13.0 Å². The number of para-hydroxylation sites is 1. The van der Waals surface area contributed by atoms with Crippen molar-refractivity contribution in [1.29, 1.82) is 0 Å². The Bertz CT molecular complexity index is 640. The predicted molar refractivity (Wildman–Crippen MR) is 76.3 cm³/mol. The summed E-state index contributed by atoms with van der Waals surface area (Å²) in [6, 6.07) is 10.4. The average molecular weight is 318 g/mol. The first-order valence-corrected chi connectivity index (χ1v) is 7.89. The van der Waals surface area contributed by atoms with Gasteiger partial charge >= 0.3 is 0 Å². The van der Waals surface area contributed by atoms with E-state index < -0.39 is 10.4 Å². The first-order valence-electron chi connectivity index (χ1n) is 6.02. The lowest BCUT2D eigenvalue weighted by Crippen LogP contribution is -2.04. The fourth-order valence-corrected chi connectivity index (χ4v) is 2.17. The number of pyridine rings is 1. The summed E-state index contributed by atoms with van der Waals surface area (Å²) in [4.78, 5) is 3.21. The molecule has 2 rings (SSSR count). The van der Waals surface area contributed by atoms with Crippen molar-refractivity contribution in [2.45, 2.75) is 13.3 Å².